The van der Waals surface area contributed by atoms with Crippen LogP contribution in [0, 0.1) is 25.2 Å². The van der Waals surface area contributed by atoms with E-state index in [2.05, 4.69) is 5.32 Å². The van der Waals surface area contributed by atoms with Crippen molar-refractivity contribution in [2.45, 2.75) is 13.8 Å². The number of carboxylic acids is 1. The van der Waals surface area contributed by atoms with Gasteiger partial charge in [0.05, 0.1) is 28.6 Å². The summed E-state index contributed by atoms with van der Waals surface area (Å²) >= 11 is 0. The molecule has 0 fully saturated rings. The molecule has 2 aromatic carbocycles. The molecular formula is C16H12N2O3. The molecule has 2 N–H and O–H groups in total. The SMILES string of the molecule is Cc1cc2c(cc1C)Oc1cc(C#N)cc(C(=O)O)c1N2. The maximum Gasteiger partial charge on any atom is 0.338 e. The molecule has 0 aromatic heterocycles. The van der Waals surface area contributed by atoms with Crippen molar-refractivity contribution >= 4 is 17.3 Å². The monoisotopic (exact) mass is 280 g/mol. The predicted octanol–water partition coefficient (Wildman–Crippen LogP) is 3.72. The third-order valence-corrected chi connectivity index (χ3v) is 3.54. The lowest BCUT2D eigenvalue weighted by molar-refractivity contribution is 0.0697. The molecule has 0 bridgehead atoms. The van der Waals surface area contributed by atoms with Crippen LogP contribution >= 0.6 is 0 Å². The molecule has 1 aliphatic rings. The Kier molecular flexibility index (Phi) is 2.80. The zero-order chi connectivity index (χ0) is 15.1. The normalized spacial score (nSPS) is 11.5. The number of nitrogens with zero attached hydrogens (tertiary/aromatic N) is 1. The minimum Gasteiger partial charge on any atom is -0.478 e. The number of ether oxygens (including phenoxy) is 1. The van der Waals surface area contributed by atoms with Gasteiger partial charge in [0.25, 0.3) is 0 Å². The lowest BCUT2D eigenvalue weighted by Crippen LogP contribution is -2.10. The van der Waals surface area contributed by atoms with Crippen LogP contribution in [-0.4, -0.2) is 11.1 Å². The molecule has 2 aromatic rings. The summed E-state index contributed by atoms with van der Waals surface area (Å²) in [7, 11) is 0. The minimum atomic E-state index is -1.10. The molecule has 0 saturated carbocycles. The standard InChI is InChI=1S/C16H12N2O3/c1-8-3-12-13(4-9(8)2)21-14-6-10(7-17)5-11(16(19)20)15(14)18-12/h3-6,18H,1-2H3,(H,19,20). The van der Waals surface area contributed by atoms with E-state index in [0.29, 0.717) is 17.2 Å². The van der Waals surface area contributed by atoms with Gasteiger partial charge >= 0.3 is 5.97 Å². The van der Waals surface area contributed by atoms with Crippen LogP contribution in [0.3, 0.4) is 0 Å². The fourth-order valence-corrected chi connectivity index (χ4v) is 2.28. The average Bonchev–Trinajstić information content (AvgIpc) is 2.45. The second-order valence-electron chi connectivity index (χ2n) is 4.97. The Balaban J connectivity index is 2.19. The number of rotatable bonds is 1. The maximum atomic E-state index is 11.4. The van der Waals surface area contributed by atoms with Crippen LogP contribution in [0.5, 0.6) is 11.5 Å². The number of carboxylic acid groups (broad SMARTS) is 1. The Bertz CT molecular complexity index is 819. The molecule has 5 heteroatoms. The highest BCUT2D eigenvalue weighted by Gasteiger charge is 2.24. The number of anilines is 2. The second-order valence-corrected chi connectivity index (χ2v) is 4.97. The first-order valence-electron chi connectivity index (χ1n) is 6.37. The van der Waals surface area contributed by atoms with Gasteiger partial charge in [0.15, 0.2) is 11.5 Å². The first-order valence-corrected chi connectivity index (χ1v) is 6.37. The number of fused-ring (bicyclic) bond motifs is 2. The molecule has 21 heavy (non-hydrogen) atoms. The maximum absolute atomic E-state index is 11.4. The van der Waals surface area contributed by atoms with Gasteiger partial charge in [-0.3, -0.25) is 0 Å². The number of hydrogen-bond acceptors (Lipinski definition) is 4. The number of aryl methyl sites for hydroxylation is 2. The minimum absolute atomic E-state index is 0.0212. The molecular weight excluding hydrogens is 268 g/mol. The molecule has 0 saturated heterocycles. The number of carbonyl (C=O) groups is 1. The van der Waals surface area contributed by atoms with Gasteiger partial charge in [0.2, 0.25) is 0 Å². The van der Waals surface area contributed by atoms with Crippen molar-refractivity contribution in [2.24, 2.45) is 0 Å². The first kappa shape index (κ1) is 13.0. The van der Waals surface area contributed by atoms with Gasteiger partial charge in [-0.05, 0) is 43.2 Å². The van der Waals surface area contributed by atoms with Gasteiger partial charge in [-0.1, -0.05) is 0 Å². The number of nitriles is 1. The zero-order valence-electron chi connectivity index (χ0n) is 11.5. The molecule has 0 spiro atoms. The summed E-state index contributed by atoms with van der Waals surface area (Å²) in [5.41, 5.74) is 3.52. The van der Waals surface area contributed by atoms with Crippen LogP contribution < -0.4 is 10.1 Å². The summed E-state index contributed by atoms with van der Waals surface area (Å²) in [4.78, 5) is 11.4. The van der Waals surface area contributed by atoms with Crippen LogP contribution in [-0.2, 0) is 0 Å². The van der Waals surface area contributed by atoms with E-state index in [4.69, 9.17) is 10.00 Å². The highest BCUT2D eigenvalue weighted by Crippen LogP contribution is 2.45. The van der Waals surface area contributed by atoms with Gasteiger partial charge in [0.1, 0.15) is 0 Å². The van der Waals surface area contributed by atoms with E-state index in [1.807, 2.05) is 32.0 Å². The molecule has 5 nitrogen and oxygen atoms in total. The van der Waals surface area contributed by atoms with Crippen molar-refractivity contribution in [3.8, 4) is 17.6 Å². The summed E-state index contributed by atoms with van der Waals surface area (Å²) in [6, 6.07) is 8.62. The summed E-state index contributed by atoms with van der Waals surface area (Å²) in [5.74, 6) is -0.133. The van der Waals surface area contributed by atoms with E-state index in [1.165, 1.54) is 12.1 Å². The lowest BCUT2D eigenvalue weighted by Gasteiger charge is -2.24. The molecule has 0 unspecified atom stereocenters. The summed E-state index contributed by atoms with van der Waals surface area (Å²) in [6.45, 7) is 3.95. The highest BCUT2D eigenvalue weighted by atomic mass is 16.5. The predicted molar refractivity (Wildman–Crippen MR) is 77.4 cm³/mol. The van der Waals surface area contributed by atoms with Crippen molar-refractivity contribution in [1.29, 1.82) is 5.26 Å². The lowest BCUT2D eigenvalue weighted by atomic mass is 10.0. The van der Waals surface area contributed by atoms with Crippen LogP contribution in [0.15, 0.2) is 24.3 Å². The van der Waals surface area contributed by atoms with Gasteiger partial charge < -0.3 is 15.2 Å². The average molecular weight is 280 g/mol. The van der Waals surface area contributed by atoms with E-state index < -0.39 is 5.97 Å². The van der Waals surface area contributed by atoms with Crippen molar-refractivity contribution in [1.82, 2.24) is 0 Å². The van der Waals surface area contributed by atoms with Gasteiger partial charge in [-0.15, -0.1) is 0 Å². The third-order valence-electron chi connectivity index (χ3n) is 3.54. The summed E-state index contributed by atoms with van der Waals surface area (Å²) < 4.78 is 5.77. The Morgan fingerprint density at radius 2 is 1.90 bits per heavy atom. The number of aromatic carboxylic acids is 1. The largest absolute Gasteiger partial charge is 0.478 e. The molecule has 1 heterocycles. The second kappa shape index (κ2) is 4.53. The van der Waals surface area contributed by atoms with Gasteiger partial charge in [-0.2, -0.15) is 5.26 Å². The highest BCUT2D eigenvalue weighted by molar-refractivity contribution is 5.99. The number of benzene rings is 2. The van der Waals surface area contributed by atoms with Gasteiger partial charge in [0, 0.05) is 6.07 Å². The van der Waals surface area contributed by atoms with Gasteiger partial charge in [-0.25, -0.2) is 4.79 Å². The van der Waals surface area contributed by atoms with E-state index >= 15 is 0 Å². The van der Waals surface area contributed by atoms with E-state index in [-0.39, 0.29) is 11.1 Å². The van der Waals surface area contributed by atoms with Crippen molar-refractivity contribution in [3.63, 3.8) is 0 Å². The Hall–Kier alpha value is -3.00. The quantitative estimate of drug-likeness (QED) is 0.709. The van der Waals surface area contributed by atoms with Crippen molar-refractivity contribution < 1.29 is 14.6 Å². The van der Waals surface area contributed by atoms with Crippen LogP contribution in [0.25, 0.3) is 0 Å². The van der Waals surface area contributed by atoms with Crippen molar-refractivity contribution in [3.05, 3.63) is 46.5 Å². The Morgan fingerprint density at radius 1 is 1.19 bits per heavy atom. The molecule has 0 amide bonds. The van der Waals surface area contributed by atoms with Crippen LogP contribution in [0.2, 0.25) is 0 Å². The van der Waals surface area contributed by atoms with E-state index in [9.17, 15) is 9.90 Å². The fraction of sp³-hybridized carbons (Fsp3) is 0.125. The summed E-state index contributed by atoms with van der Waals surface area (Å²) in [6.07, 6.45) is 0. The zero-order valence-corrected chi connectivity index (χ0v) is 11.5. The van der Waals surface area contributed by atoms with Crippen LogP contribution in [0.4, 0.5) is 11.4 Å². The van der Waals surface area contributed by atoms with E-state index in [1.54, 1.807) is 0 Å². The summed E-state index contributed by atoms with van der Waals surface area (Å²) in [5, 5.41) is 21.4. The third kappa shape index (κ3) is 2.07. The Labute approximate surface area is 121 Å². The molecule has 0 aliphatic carbocycles. The molecule has 3 rings (SSSR count). The molecule has 1 aliphatic heterocycles. The number of nitrogens with one attached hydrogen (secondary N) is 1. The Morgan fingerprint density at radius 3 is 2.57 bits per heavy atom. The first-order chi connectivity index (χ1) is 9.99. The topological polar surface area (TPSA) is 82.3 Å². The molecule has 0 radical (unpaired) electrons. The molecule has 104 valence electrons. The van der Waals surface area contributed by atoms with Crippen molar-refractivity contribution in [2.75, 3.05) is 5.32 Å². The fourth-order valence-electron chi connectivity index (χ4n) is 2.28. The van der Waals surface area contributed by atoms with E-state index in [0.717, 1.165) is 16.8 Å². The smallest absolute Gasteiger partial charge is 0.338 e. The number of hydrogen-bond donors (Lipinski definition) is 2. The van der Waals surface area contributed by atoms with Crippen LogP contribution in [0.1, 0.15) is 27.0 Å². The molecule has 0 atom stereocenters.